The van der Waals surface area contributed by atoms with Gasteiger partial charge in [0.05, 0.1) is 16.9 Å². The van der Waals surface area contributed by atoms with Crippen LogP contribution in [-0.2, 0) is 9.31 Å². The molecule has 0 aliphatic carbocycles. The van der Waals surface area contributed by atoms with Gasteiger partial charge in [-0.2, -0.15) is 0 Å². The Morgan fingerprint density at radius 2 is 1.12 bits per heavy atom. The van der Waals surface area contributed by atoms with E-state index in [9.17, 15) is 0 Å². The van der Waals surface area contributed by atoms with Gasteiger partial charge in [-0.05, 0) is 103 Å². The summed E-state index contributed by atoms with van der Waals surface area (Å²) in [7, 11) is -0.548. The molecule has 1 aliphatic heterocycles. The Kier molecular flexibility index (Phi) is 7.39. The van der Waals surface area contributed by atoms with Gasteiger partial charge in [-0.1, -0.05) is 121 Å². The third-order valence-corrected chi connectivity index (χ3v) is 10.7. The number of fused-ring (bicyclic) bond motifs is 4. The van der Waals surface area contributed by atoms with E-state index in [1.165, 1.54) is 16.3 Å². The molecule has 248 valence electrons. The van der Waals surface area contributed by atoms with Crippen LogP contribution in [-0.4, -0.2) is 18.3 Å². The molecule has 0 amide bonds. The van der Waals surface area contributed by atoms with Gasteiger partial charge in [-0.3, -0.25) is 0 Å². The van der Waals surface area contributed by atoms with E-state index in [1.807, 2.05) is 18.2 Å². The molecular weight excluding hydrogens is 625 g/mol. The molecule has 5 heteroatoms. The predicted molar refractivity (Wildman–Crippen MR) is 212 cm³/mol. The number of rotatable bonds is 6. The molecule has 1 aliphatic rings. The van der Waals surface area contributed by atoms with E-state index in [0.29, 0.717) is 0 Å². The van der Waals surface area contributed by atoms with Gasteiger partial charge in [-0.25, -0.2) is 0 Å². The van der Waals surface area contributed by atoms with Crippen LogP contribution in [0.5, 0.6) is 0 Å². The number of hydrogen-bond donors (Lipinski definition) is 0. The van der Waals surface area contributed by atoms with E-state index in [2.05, 4.69) is 172 Å². The molecule has 0 bridgehead atoms. The second kappa shape index (κ2) is 12.0. The lowest BCUT2D eigenvalue weighted by molar-refractivity contribution is 0.00578. The van der Waals surface area contributed by atoms with E-state index in [0.717, 1.165) is 61.2 Å². The van der Waals surface area contributed by atoms with Crippen LogP contribution in [0.25, 0.3) is 55.0 Å². The zero-order valence-corrected chi connectivity index (χ0v) is 29.3. The summed E-state index contributed by atoms with van der Waals surface area (Å²) in [5.74, 6) is 0. The maximum atomic E-state index is 6.69. The highest BCUT2D eigenvalue weighted by molar-refractivity contribution is 6.62. The van der Waals surface area contributed by atoms with Crippen LogP contribution in [0.15, 0.2) is 162 Å². The van der Waals surface area contributed by atoms with E-state index >= 15 is 0 Å². The third kappa shape index (κ3) is 5.41. The van der Waals surface area contributed by atoms with Crippen molar-refractivity contribution in [2.45, 2.75) is 38.9 Å². The summed E-state index contributed by atoms with van der Waals surface area (Å²) in [6.45, 7) is 8.41. The summed E-state index contributed by atoms with van der Waals surface area (Å²) in [4.78, 5) is 2.31. The molecule has 0 spiro atoms. The second-order valence-corrected chi connectivity index (χ2v) is 14.4. The summed E-state index contributed by atoms with van der Waals surface area (Å²) in [5.41, 5.74) is 9.18. The van der Waals surface area contributed by atoms with Crippen LogP contribution < -0.4 is 10.4 Å². The predicted octanol–water partition coefficient (Wildman–Crippen LogP) is 11.8. The monoisotopic (exact) mass is 663 g/mol. The molecule has 0 radical (unpaired) electrons. The lowest BCUT2D eigenvalue weighted by atomic mass is 9.77. The molecule has 4 nitrogen and oxygen atoms in total. The largest absolute Gasteiger partial charge is 0.494 e. The average molecular weight is 664 g/mol. The summed E-state index contributed by atoms with van der Waals surface area (Å²) in [6.07, 6.45) is 0. The van der Waals surface area contributed by atoms with Crippen molar-refractivity contribution in [1.82, 2.24) is 0 Å². The average Bonchev–Trinajstić information content (AvgIpc) is 3.65. The molecule has 51 heavy (non-hydrogen) atoms. The Bertz CT molecular complexity index is 2530. The summed E-state index contributed by atoms with van der Waals surface area (Å²) >= 11 is 0. The highest BCUT2D eigenvalue weighted by Gasteiger charge is 2.52. The first-order valence-corrected chi connectivity index (χ1v) is 17.6. The highest BCUT2D eigenvalue weighted by atomic mass is 16.7. The zero-order valence-electron chi connectivity index (χ0n) is 29.3. The van der Waals surface area contributed by atoms with Crippen molar-refractivity contribution in [2.24, 2.45) is 0 Å². The molecule has 0 atom stereocenters. The minimum absolute atomic E-state index is 0.486. The van der Waals surface area contributed by atoms with Gasteiger partial charge in [0.2, 0.25) is 0 Å². The van der Waals surface area contributed by atoms with Crippen LogP contribution in [0.4, 0.5) is 17.1 Å². The molecule has 7 aromatic carbocycles. The fourth-order valence-electron chi connectivity index (χ4n) is 7.28. The van der Waals surface area contributed by atoms with E-state index in [1.54, 1.807) is 0 Å². The normalized spacial score (nSPS) is 15.2. The van der Waals surface area contributed by atoms with Crippen LogP contribution in [0.2, 0.25) is 0 Å². The maximum Gasteiger partial charge on any atom is 0.494 e. The van der Waals surface area contributed by atoms with Crippen LogP contribution in [0, 0.1) is 0 Å². The quantitative estimate of drug-likeness (QED) is 0.166. The van der Waals surface area contributed by atoms with Crippen molar-refractivity contribution in [2.75, 3.05) is 4.90 Å². The van der Waals surface area contributed by atoms with Gasteiger partial charge in [0.15, 0.2) is 5.58 Å². The molecule has 8 aromatic rings. The molecule has 1 saturated heterocycles. The zero-order chi connectivity index (χ0) is 34.7. The smallest absolute Gasteiger partial charge is 0.454 e. The van der Waals surface area contributed by atoms with E-state index in [4.69, 9.17) is 13.7 Å². The lowest BCUT2D eigenvalue weighted by Gasteiger charge is -2.32. The molecule has 0 N–H and O–H groups in total. The fourth-order valence-corrected chi connectivity index (χ4v) is 7.28. The molecular formula is C46H38BNO3. The van der Waals surface area contributed by atoms with Crippen molar-refractivity contribution in [1.29, 1.82) is 0 Å². The van der Waals surface area contributed by atoms with E-state index in [-0.39, 0.29) is 0 Å². The number of nitrogens with zero attached hydrogens (tertiary/aromatic N) is 1. The molecule has 0 unspecified atom stereocenters. The van der Waals surface area contributed by atoms with Gasteiger partial charge in [0, 0.05) is 22.1 Å². The Hall–Kier alpha value is -5.62. The van der Waals surface area contributed by atoms with Crippen molar-refractivity contribution < 1.29 is 13.7 Å². The van der Waals surface area contributed by atoms with Gasteiger partial charge in [0.1, 0.15) is 5.58 Å². The SMILES string of the molecule is CC1(C)OB(c2cc(-c3cccc4ccccc34)cc(N(c3ccc(-c4ccccc4)cc3)c3cccc4c3oc3ccccc34)c2)OC1(C)C. The highest BCUT2D eigenvalue weighted by Crippen LogP contribution is 2.44. The van der Waals surface area contributed by atoms with Crippen molar-refractivity contribution in [3.05, 3.63) is 158 Å². The van der Waals surface area contributed by atoms with Gasteiger partial charge < -0.3 is 18.6 Å². The van der Waals surface area contributed by atoms with Crippen molar-refractivity contribution in [3.8, 4) is 22.3 Å². The first kappa shape index (κ1) is 31.4. The van der Waals surface area contributed by atoms with Crippen LogP contribution >= 0.6 is 0 Å². The Labute approximate surface area is 299 Å². The number of benzene rings is 7. The summed E-state index contributed by atoms with van der Waals surface area (Å²) in [5, 5.41) is 4.55. The first-order chi connectivity index (χ1) is 24.8. The molecule has 2 heterocycles. The maximum absolute atomic E-state index is 6.69. The van der Waals surface area contributed by atoms with Crippen LogP contribution in [0.3, 0.4) is 0 Å². The minimum atomic E-state index is -0.548. The number of anilines is 3. The lowest BCUT2D eigenvalue weighted by Crippen LogP contribution is -2.41. The molecule has 9 rings (SSSR count). The van der Waals surface area contributed by atoms with Gasteiger partial charge >= 0.3 is 7.12 Å². The minimum Gasteiger partial charge on any atom is -0.454 e. The molecule has 0 saturated carbocycles. The summed E-state index contributed by atoms with van der Waals surface area (Å²) in [6, 6.07) is 55.7. The summed E-state index contributed by atoms with van der Waals surface area (Å²) < 4.78 is 20.0. The fraction of sp³-hybridized carbons (Fsp3) is 0.130. The van der Waals surface area contributed by atoms with Gasteiger partial charge in [-0.15, -0.1) is 0 Å². The van der Waals surface area contributed by atoms with Crippen LogP contribution in [0.1, 0.15) is 27.7 Å². The first-order valence-electron chi connectivity index (χ1n) is 17.6. The molecule has 1 fully saturated rings. The topological polar surface area (TPSA) is 34.8 Å². The Balaban J connectivity index is 1.30. The van der Waals surface area contributed by atoms with Crippen molar-refractivity contribution in [3.63, 3.8) is 0 Å². The standard InChI is InChI=1S/C46H38BNO3/c1-45(2)46(3,4)51-47(50-45)35-28-34(39-20-12-17-33-16-8-9-18-38(33)39)29-37(30-35)48(36-26-24-32(25-27-36)31-14-6-5-7-15-31)42-22-13-21-41-40-19-10-11-23-43(40)49-44(41)42/h5-30H,1-4H3. The molecule has 1 aromatic heterocycles. The second-order valence-electron chi connectivity index (χ2n) is 14.4. The number of furan rings is 1. The Morgan fingerprint density at radius 3 is 1.90 bits per heavy atom. The number of hydrogen-bond acceptors (Lipinski definition) is 4. The van der Waals surface area contributed by atoms with E-state index < -0.39 is 18.3 Å². The Morgan fingerprint density at radius 1 is 0.490 bits per heavy atom. The number of para-hydroxylation sites is 2. The van der Waals surface area contributed by atoms with Crippen molar-refractivity contribution >= 4 is 62.4 Å². The van der Waals surface area contributed by atoms with Gasteiger partial charge in [0.25, 0.3) is 0 Å². The third-order valence-electron chi connectivity index (χ3n) is 10.7.